The third-order valence-corrected chi connectivity index (χ3v) is 6.15. The number of aromatic amines is 1. The molecular formula is C25H20F3N3O4S. The van der Waals surface area contributed by atoms with Crippen LogP contribution < -0.4 is 10.6 Å². The first-order chi connectivity index (χ1) is 17.2. The fourth-order valence-corrected chi connectivity index (χ4v) is 4.24. The predicted molar refractivity (Wildman–Crippen MR) is 129 cm³/mol. The third kappa shape index (κ3) is 5.92. The molecule has 1 unspecified atom stereocenters. The second-order valence-corrected chi connectivity index (χ2v) is 8.71. The van der Waals surface area contributed by atoms with Gasteiger partial charge >= 0.3 is 12.1 Å². The van der Waals surface area contributed by atoms with Crippen LogP contribution in [0.3, 0.4) is 0 Å². The largest absolute Gasteiger partial charge is 0.454 e. The second kappa shape index (κ2) is 10.6. The molecule has 11 heteroatoms. The quantitative estimate of drug-likeness (QED) is 0.294. The molecule has 3 N–H and O–H groups in total. The monoisotopic (exact) mass is 515 g/mol. The number of rotatable bonds is 8. The molecule has 7 nitrogen and oxygen atoms in total. The summed E-state index contributed by atoms with van der Waals surface area (Å²) in [5.74, 6) is -2.34. The molecule has 0 spiro atoms. The summed E-state index contributed by atoms with van der Waals surface area (Å²) >= 11 is 1.19. The lowest BCUT2D eigenvalue weighted by molar-refractivity contribution is -0.149. The maximum Gasteiger partial charge on any atom is 0.418 e. The predicted octanol–water partition coefficient (Wildman–Crippen LogP) is 4.77. The summed E-state index contributed by atoms with van der Waals surface area (Å²) in [4.78, 5) is 41.3. The second-order valence-electron chi connectivity index (χ2n) is 7.77. The van der Waals surface area contributed by atoms with E-state index in [1.54, 1.807) is 23.7 Å². The molecule has 1 atom stereocenters. The summed E-state index contributed by atoms with van der Waals surface area (Å²) in [5.41, 5.74) is 0.104. The van der Waals surface area contributed by atoms with E-state index in [2.05, 4.69) is 15.6 Å². The van der Waals surface area contributed by atoms with E-state index < -0.39 is 47.9 Å². The van der Waals surface area contributed by atoms with Gasteiger partial charge in [-0.2, -0.15) is 13.2 Å². The Kier molecular flexibility index (Phi) is 7.39. The first-order valence-electron chi connectivity index (χ1n) is 10.7. The molecule has 4 rings (SSSR count). The van der Waals surface area contributed by atoms with Crippen LogP contribution >= 0.6 is 11.3 Å². The zero-order valence-corrected chi connectivity index (χ0v) is 19.4. The SMILES string of the molecule is O=C(COC(=O)C(Cc1c[nH]c2ccccc12)NC(=O)c1cccs1)Nc1ccccc1C(F)(F)F. The van der Waals surface area contributed by atoms with Crippen LogP contribution in [0.15, 0.2) is 72.2 Å². The van der Waals surface area contributed by atoms with Crippen LogP contribution in [-0.2, 0) is 26.9 Å². The number of anilines is 1. The maximum absolute atomic E-state index is 13.2. The van der Waals surface area contributed by atoms with Gasteiger partial charge in [0, 0.05) is 23.5 Å². The molecule has 186 valence electrons. The molecule has 0 aliphatic heterocycles. The van der Waals surface area contributed by atoms with Crippen LogP contribution in [-0.4, -0.2) is 35.4 Å². The van der Waals surface area contributed by atoms with Gasteiger partial charge in [0.1, 0.15) is 6.04 Å². The first-order valence-corrected chi connectivity index (χ1v) is 11.6. The first kappa shape index (κ1) is 25.0. The number of benzene rings is 2. The van der Waals surface area contributed by atoms with Crippen molar-refractivity contribution in [1.29, 1.82) is 0 Å². The average molecular weight is 516 g/mol. The summed E-state index contributed by atoms with van der Waals surface area (Å²) in [6, 6.07) is 14.0. The highest BCUT2D eigenvalue weighted by atomic mass is 32.1. The number of hydrogen-bond acceptors (Lipinski definition) is 5. The molecule has 2 aromatic heterocycles. The molecule has 0 aliphatic carbocycles. The lowest BCUT2D eigenvalue weighted by Gasteiger charge is -2.18. The Hall–Kier alpha value is -4.12. The highest BCUT2D eigenvalue weighted by Crippen LogP contribution is 2.34. The van der Waals surface area contributed by atoms with Crippen molar-refractivity contribution in [3.63, 3.8) is 0 Å². The summed E-state index contributed by atoms with van der Waals surface area (Å²) < 4.78 is 44.6. The Bertz CT molecular complexity index is 1380. The van der Waals surface area contributed by atoms with Crippen LogP contribution in [0.4, 0.5) is 18.9 Å². The van der Waals surface area contributed by atoms with E-state index in [1.807, 2.05) is 24.3 Å². The van der Waals surface area contributed by atoms with Crippen LogP contribution in [0.2, 0.25) is 0 Å². The topological polar surface area (TPSA) is 100 Å². The minimum Gasteiger partial charge on any atom is -0.454 e. The average Bonchev–Trinajstić information content (AvgIpc) is 3.53. The number of hydrogen-bond donors (Lipinski definition) is 3. The zero-order chi connectivity index (χ0) is 25.7. The zero-order valence-electron chi connectivity index (χ0n) is 18.6. The van der Waals surface area contributed by atoms with E-state index in [1.165, 1.54) is 23.5 Å². The fraction of sp³-hybridized carbons (Fsp3) is 0.160. The number of nitrogens with one attached hydrogen (secondary N) is 3. The molecule has 0 saturated heterocycles. The summed E-state index contributed by atoms with van der Waals surface area (Å²) in [7, 11) is 0. The van der Waals surface area contributed by atoms with Crippen LogP contribution in [0, 0.1) is 0 Å². The molecule has 0 saturated carbocycles. The van der Waals surface area contributed by atoms with Crippen molar-refractivity contribution in [1.82, 2.24) is 10.3 Å². The van der Waals surface area contributed by atoms with Crippen molar-refractivity contribution < 1.29 is 32.3 Å². The summed E-state index contributed by atoms with van der Waals surface area (Å²) in [6.07, 6.45) is -2.89. The van der Waals surface area contributed by atoms with Gasteiger partial charge in [-0.25, -0.2) is 4.79 Å². The number of H-pyrrole nitrogens is 1. The number of halogens is 3. The van der Waals surface area contributed by atoms with Crippen molar-refractivity contribution in [2.45, 2.75) is 18.6 Å². The number of alkyl halides is 3. The van der Waals surface area contributed by atoms with Gasteiger partial charge in [-0.15, -0.1) is 11.3 Å². The van der Waals surface area contributed by atoms with Crippen molar-refractivity contribution in [3.05, 3.63) is 88.2 Å². The molecule has 0 aliphatic rings. The Morgan fingerprint density at radius 1 is 1.00 bits per heavy atom. The standard InChI is InChI=1S/C25H20F3N3O4S/c26-25(27,28)17-7-2-4-9-19(17)30-22(32)14-35-24(34)20(31-23(33)21-10-5-11-36-21)12-15-13-29-18-8-3-1-6-16(15)18/h1-11,13,20,29H,12,14H2,(H,30,32)(H,31,33). The molecular weight excluding hydrogens is 495 g/mol. The third-order valence-electron chi connectivity index (χ3n) is 5.29. The number of fused-ring (bicyclic) bond motifs is 1. The fourth-order valence-electron chi connectivity index (χ4n) is 3.61. The molecule has 0 radical (unpaired) electrons. The van der Waals surface area contributed by atoms with Gasteiger partial charge in [0.15, 0.2) is 6.61 Å². The Morgan fingerprint density at radius 2 is 1.75 bits per heavy atom. The number of ether oxygens (including phenoxy) is 1. The van der Waals surface area contributed by atoms with Crippen molar-refractivity contribution in [2.75, 3.05) is 11.9 Å². The molecule has 2 amide bonds. The lowest BCUT2D eigenvalue weighted by Crippen LogP contribution is -2.43. The minimum absolute atomic E-state index is 0.0679. The molecule has 4 aromatic rings. The number of carbonyl (C=O) groups excluding carboxylic acids is 3. The van der Waals surface area contributed by atoms with Crippen molar-refractivity contribution in [3.8, 4) is 0 Å². The number of amides is 2. The van der Waals surface area contributed by atoms with E-state index >= 15 is 0 Å². The Morgan fingerprint density at radius 3 is 2.50 bits per heavy atom. The van der Waals surface area contributed by atoms with Gasteiger partial charge < -0.3 is 20.4 Å². The van der Waals surface area contributed by atoms with E-state index in [0.717, 1.165) is 28.6 Å². The Labute approximate surface area is 207 Å². The van der Waals surface area contributed by atoms with Crippen molar-refractivity contribution in [2.24, 2.45) is 0 Å². The Balaban J connectivity index is 1.46. The molecule has 2 heterocycles. The highest BCUT2D eigenvalue weighted by molar-refractivity contribution is 7.12. The number of carbonyl (C=O) groups is 3. The van der Waals surface area contributed by atoms with Crippen molar-refractivity contribution >= 4 is 45.7 Å². The van der Waals surface area contributed by atoms with E-state index in [0.29, 0.717) is 4.88 Å². The number of aromatic nitrogens is 1. The lowest BCUT2D eigenvalue weighted by atomic mass is 10.0. The van der Waals surface area contributed by atoms with Gasteiger partial charge in [0.05, 0.1) is 16.1 Å². The normalized spacial score (nSPS) is 12.2. The van der Waals surface area contributed by atoms with Gasteiger partial charge in [-0.3, -0.25) is 9.59 Å². The highest BCUT2D eigenvalue weighted by Gasteiger charge is 2.33. The van der Waals surface area contributed by atoms with E-state index in [-0.39, 0.29) is 6.42 Å². The number of para-hydroxylation sites is 2. The maximum atomic E-state index is 13.2. The number of esters is 1. The van der Waals surface area contributed by atoms with E-state index in [4.69, 9.17) is 4.74 Å². The smallest absolute Gasteiger partial charge is 0.418 e. The minimum atomic E-state index is -4.67. The summed E-state index contributed by atoms with van der Waals surface area (Å²) in [6.45, 7) is -0.829. The molecule has 2 aromatic carbocycles. The number of thiophene rings is 1. The molecule has 36 heavy (non-hydrogen) atoms. The van der Waals surface area contributed by atoms with Gasteiger partial charge in [-0.1, -0.05) is 36.4 Å². The van der Waals surface area contributed by atoms with Gasteiger partial charge in [0.2, 0.25) is 0 Å². The molecule has 0 fully saturated rings. The van der Waals surface area contributed by atoms with Gasteiger partial charge in [-0.05, 0) is 35.2 Å². The summed E-state index contributed by atoms with van der Waals surface area (Å²) in [5, 5.41) is 7.31. The van der Waals surface area contributed by atoms with Crippen LogP contribution in [0.1, 0.15) is 20.8 Å². The van der Waals surface area contributed by atoms with Gasteiger partial charge in [0.25, 0.3) is 11.8 Å². The van der Waals surface area contributed by atoms with Crippen LogP contribution in [0.25, 0.3) is 10.9 Å². The molecule has 0 bridgehead atoms. The van der Waals surface area contributed by atoms with Crippen LogP contribution in [0.5, 0.6) is 0 Å². The van der Waals surface area contributed by atoms with E-state index in [9.17, 15) is 27.6 Å².